The summed E-state index contributed by atoms with van der Waals surface area (Å²) >= 11 is 3.12. The standard InChI is InChI=1S/C15H20BrFN2O/c1-18(2)10-11-6-8-19(9-7-11)15(20)12-4-3-5-13(16)14(12)17/h3-5,11H,6-10H2,1-2H3. The van der Waals surface area contributed by atoms with Gasteiger partial charge in [-0.2, -0.15) is 0 Å². The second kappa shape index (κ2) is 6.68. The van der Waals surface area contributed by atoms with Gasteiger partial charge < -0.3 is 9.80 Å². The van der Waals surface area contributed by atoms with E-state index in [1.54, 1.807) is 23.1 Å². The Balaban J connectivity index is 2.00. The highest BCUT2D eigenvalue weighted by Gasteiger charge is 2.25. The number of carbonyl (C=O) groups excluding carboxylic acids is 1. The van der Waals surface area contributed by atoms with E-state index in [1.165, 1.54) is 0 Å². The van der Waals surface area contributed by atoms with E-state index in [-0.39, 0.29) is 11.5 Å². The number of hydrogen-bond acceptors (Lipinski definition) is 2. The van der Waals surface area contributed by atoms with E-state index >= 15 is 0 Å². The van der Waals surface area contributed by atoms with Crippen LogP contribution in [-0.2, 0) is 0 Å². The van der Waals surface area contributed by atoms with E-state index in [9.17, 15) is 9.18 Å². The molecule has 1 fully saturated rings. The molecule has 0 bridgehead atoms. The van der Waals surface area contributed by atoms with Gasteiger partial charge in [0.15, 0.2) is 0 Å². The molecule has 5 heteroatoms. The minimum absolute atomic E-state index is 0.158. The third-order valence-corrected chi connectivity index (χ3v) is 4.32. The lowest BCUT2D eigenvalue weighted by atomic mass is 9.96. The molecular formula is C15H20BrFN2O. The predicted octanol–water partition coefficient (Wildman–Crippen LogP) is 3.00. The Labute approximate surface area is 127 Å². The number of likely N-dealkylation sites (tertiary alicyclic amines) is 1. The van der Waals surface area contributed by atoms with E-state index in [1.807, 2.05) is 0 Å². The van der Waals surface area contributed by atoms with Gasteiger partial charge in [-0.15, -0.1) is 0 Å². The Morgan fingerprint density at radius 3 is 2.65 bits per heavy atom. The molecule has 0 aromatic heterocycles. The monoisotopic (exact) mass is 342 g/mol. The lowest BCUT2D eigenvalue weighted by Gasteiger charge is -2.33. The fraction of sp³-hybridized carbons (Fsp3) is 0.533. The van der Waals surface area contributed by atoms with Crippen LogP contribution in [0.5, 0.6) is 0 Å². The van der Waals surface area contributed by atoms with Crippen molar-refractivity contribution < 1.29 is 9.18 Å². The maximum absolute atomic E-state index is 14.0. The fourth-order valence-corrected chi connectivity index (χ4v) is 3.04. The first-order valence-corrected chi connectivity index (χ1v) is 7.66. The van der Waals surface area contributed by atoms with Crippen LogP contribution in [0.1, 0.15) is 23.2 Å². The second-order valence-corrected chi connectivity index (χ2v) is 6.45. The smallest absolute Gasteiger partial charge is 0.256 e. The van der Waals surface area contributed by atoms with E-state index in [2.05, 4.69) is 34.9 Å². The maximum atomic E-state index is 14.0. The topological polar surface area (TPSA) is 23.6 Å². The molecule has 3 nitrogen and oxygen atoms in total. The average molecular weight is 343 g/mol. The zero-order valence-corrected chi connectivity index (χ0v) is 13.5. The molecule has 1 aliphatic heterocycles. The summed E-state index contributed by atoms with van der Waals surface area (Å²) in [7, 11) is 4.13. The van der Waals surface area contributed by atoms with E-state index in [4.69, 9.17) is 0 Å². The molecule has 110 valence electrons. The first-order chi connectivity index (χ1) is 9.49. The molecule has 1 heterocycles. The van der Waals surface area contributed by atoms with Gasteiger partial charge in [0.2, 0.25) is 0 Å². The number of halogens is 2. The van der Waals surface area contributed by atoms with E-state index < -0.39 is 5.82 Å². The molecule has 0 saturated carbocycles. The van der Waals surface area contributed by atoms with Crippen molar-refractivity contribution in [3.63, 3.8) is 0 Å². The minimum atomic E-state index is -0.465. The minimum Gasteiger partial charge on any atom is -0.339 e. The molecule has 0 unspecified atom stereocenters. The van der Waals surface area contributed by atoms with Gasteiger partial charge in [-0.1, -0.05) is 6.07 Å². The molecular weight excluding hydrogens is 323 g/mol. The largest absolute Gasteiger partial charge is 0.339 e. The van der Waals surface area contributed by atoms with Gasteiger partial charge in [0, 0.05) is 19.6 Å². The van der Waals surface area contributed by atoms with Crippen LogP contribution < -0.4 is 0 Å². The molecule has 1 saturated heterocycles. The normalized spacial score (nSPS) is 16.8. The van der Waals surface area contributed by atoms with E-state index in [0.29, 0.717) is 23.5 Å². The van der Waals surface area contributed by atoms with Crippen molar-refractivity contribution in [2.24, 2.45) is 5.92 Å². The van der Waals surface area contributed by atoms with Crippen molar-refractivity contribution in [3.05, 3.63) is 34.1 Å². The van der Waals surface area contributed by atoms with Crippen molar-refractivity contribution in [3.8, 4) is 0 Å². The lowest BCUT2D eigenvalue weighted by Crippen LogP contribution is -2.40. The second-order valence-electron chi connectivity index (χ2n) is 5.60. The Bertz CT molecular complexity index is 485. The molecule has 0 radical (unpaired) electrons. The summed E-state index contributed by atoms with van der Waals surface area (Å²) in [6, 6.07) is 4.85. The Hall–Kier alpha value is -0.940. The Morgan fingerprint density at radius 2 is 2.05 bits per heavy atom. The molecule has 20 heavy (non-hydrogen) atoms. The number of piperidine rings is 1. The van der Waals surface area contributed by atoms with Crippen LogP contribution in [0.15, 0.2) is 22.7 Å². The van der Waals surface area contributed by atoms with Crippen LogP contribution in [-0.4, -0.2) is 49.4 Å². The predicted molar refractivity (Wildman–Crippen MR) is 81.3 cm³/mol. The number of rotatable bonds is 3. The highest BCUT2D eigenvalue weighted by Crippen LogP contribution is 2.23. The van der Waals surface area contributed by atoms with E-state index in [0.717, 1.165) is 19.4 Å². The van der Waals surface area contributed by atoms with Crippen LogP contribution in [0.25, 0.3) is 0 Å². The molecule has 1 aliphatic rings. The summed E-state index contributed by atoms with van der Waals surface area (Å²) in [6.07, 6.45) is 1.97. The molecule has 0 N–H and O–H groups in total. The van der Waals surface area contributed by atoms with Crippen LogP contribution in [0.3, 0.4) is 0 Å². The molecule has 2 rings (SSSR count). The van der Waals surface area contributed by atoms with Gasteiger partial charge in [0.1, 0.15) is 5.82 Å². The highest BCUT2D eigenvalue weighted by atomic mass is 79.9. The van der Waals surface area contributed by atoms with Gasteiger partial charge in [-0.3, -0.25) is 4.79 Å². The van der Waals surface area contributed by atoms with Crippen molar-refractivity contribution in [2.45, 2.75) is 12.8 Å². The lowest BCUT2D eigenvalue weighted by molar-refractivity contribution is 0.0673. The zero-order valence-electron chi connectivity index (χ0n) is 11.9. The molecule has 0 atom stereocenters. The highest BCUT2D eigenvalue weighted by molar-refractivity contribution is 9.10. The van der Waals surface area contributed by atoms with Crippen LogP contribution in [0.2, 0.25) is 0 Å². The van der Waals surface area contributed by atoms with Gasteiger partial charge in [-0.05, 0) is 60.9 Å². The van der Waals surface area contributed by atoms with Gasteiger partial charge in [-0.25, -0.2) is 4.39 Å². The summed E-state index contributed by atoms with van der Waals surface area (Å²) < 4.78 is 14.3. The summed E-state index contributed by atoms with van der Waals surface area (Å²) in [4.78, 5) is 16.3. The third kappa shape index (κ3) is 3.58. The maximum Gasteiger partial charge on any atom is 0.256 e. The van der Waals surface area contributed by atoms with Crippen molar-refractivity contribution in [1.82, 2.24) is 9.80 Å². The van der Waals surface area contributed by atoms with Crippen LogP contribution >= 0.6 is 15.9 Å². The molecule has 1 amide bonds. The number of benzene rings is 1. The third-order valence-electron chi connectivity index (χ3n) is 3.71. The zero-order chi connectivity index (χ0) is 14.7. The molecule has 0 aliphatic carbocycles. The van der Waals surface area contributed by atoms with Crippen molar-refractivity contribution in [1.29, 1.82) is 0 Å². The molecule has 0 spiro atoms. The molecule has 1 aromatic carbocycles. The Morgan fingerprint density at radius 1 is 1.40 bits per heavy atom. The summed E-state index contributed by atoms with van der Waals surface area (Å²) in [5.74, 6) is -0.0403. The van der Waals surface area contributed by atoms with Crippen LogP contribution in [0.4, 0.5) is 4.39 Å². The van der Waals surface area contributed by atoms with Crippen LogP contribution in [0, 0.1) is 11.7 Å². The number of hydrogen-bond donors (Lipinski definition) is 0. The van der Waals surface area contributed by atoms with Crippen molar-refractivity contribution >= 4 is 21.8 Å². The van der Waals surface area contributed by atoms with Gasteiger partial charge >= 0.3 is 0 Å². The molecule has 1 aromatic rings. The average Bonchev–Trinajstić information content (AvgIpc) is 2.41. The summed E-state index contributed by atoms with van der Waals surface area (Å²) in [5, 5.41) is 0. The first kappa shape index (κ1) is 15.4. The fourth-order valence-electron chi connectivity index (χ4n) is 2.67. The number of amides is 1. The van der Waals surface area contributed by atoms with Gasteiger partial charge in [0.05, 0.1) is 10.0 Å². The summed E-state index contributed by atoms with van der Waals surface area (Å²) in [6.45, 7) is 2.47. The summed E-state index contributed by atoms with van der Waals surface area (Å²) in [5.41, 5.74) is 0.158. The SMILES string of the molecule is CN(C)CC1CCN(C(=O)c2cccc(Br)c2F)CC1. The number of carbonyl (C=O) groups is 1. The number of nitrogens with zero attached hydrogens (tertiary/aromatic N) is 2. The first-order valence-electron chi connectivity index (χ1n) is 6.87. The quantitative estimate of drug-likeness (QED) is 0.842. The van der Waals surface area contributed by atoms with Gasteiger partial charge in [0.25, 0.3) is 5.91 Å². The van der Waals surface area contributed by atoms with Crippen molar-refractivity contribution in [2.75, 3.05) is 33.7 Å². The Kier molecular flexibility index (Phi) is 5.16.